The standard InChI is InChI=1S/C40H44N2O8.C34H40F2N2O4.C32H36N2O6/c1-24-18-29(14-16-33(24)39(48)50-32-10-7-9-30(19-32)37(28-12-13-28)26(3)27(4)46)35-20-31(49-5)15-17-34(35)38(47)42(40(21-43,22-44)23-45)36-11-6-8-25(2)41-36;1-20(2)38(21(3)4)19-26-16-27(13-14-28(26)29-17-31(41-7)37-18-30(29)35)42-33(40)25-10-8-9-24(15-25)32(23-11-12-23)34(6,36)22(5)39;1-19-15-23(27-17-29(39-5)33-18-28(27)31(37)34(4)13-14-35)11-12-26(19)32(38)40-25-8-6-7-24(16-25)30(22-9-10-22)20(2)21(3)36/h6-11,14-20,26,28,37,43-45H,12-13,21-23H2,1-5H3;8-10,13-18,20-21,23,32H,11-12,19H2,1-7H3;6-8,11-12,15-18,20,22,30,35H,9-10,13-14H2,1-5H3/t26-,37+;32-,34-;20-,30+/m101/s1. The van der Waals surface area contributed by atoms with Gasteiger partial charge >= 0.3 is 17.9 Å². The van der Waals surface area contributed by atoms with Crippen molar-refractivity contribution in [3.63, 3.8) is 0 Å². The Hall–Kier alpha value is -12.6. The third-order valence-electron chi connectivity index (χ3n) is 25.4. The summed E-state index contributed by atoms with van der Waals surface area (Å²) in [5, 5.41) is 40.3. The van der Waals surface area contributed by atoms with Crippen LogP contribution in [0.5, 0.6) is 34.8 Å². The molecule has 0 aliphatic heterocycles. The highest BCUT2D eigenvalue weighted by molar-refractivity contribution is 6.11. The zero-order valence-corrected chi connectivity index (χ0v) is 78.1. The molecule has 132 heavy (non-hydrogen) atoms. The zero-order chi connectivity index (χ0) is 95.9. The predicted molar refractivity (Wildman–Crippen MR) is 500 cm³/mol. The second kappa shape index (κ2) is 44.1. The zero-order valence-electron chi connectivity index (χ0n) is 78.1. The normalized spacial score (nSPS) is 14.6. The highest BCUT2D eigenvalue weighted by Crippen LogP contribution is 2.52. The van der Waals surface area contributed by atoms with Crippen LogP contribution in [-0.2, 0) is 20.9 Å². The lowest BCUT2D eigenvalue weighted by Crippen LogP contribution is -2.60. The van der Waals surface area contributed by atoms with Crippen molar-refractivity contribution in [1.82, 2.24) is 24.8 Å². The summed E-state index contributed by atoms with van der Waals surface area (Å²) in [6.07, 6.45) is 8.62. The number of anilines is 1. The molecule has 696 valence electrons. The number of ketones is 3. The number of amides is 2. The first-order valence-corrected chi connectivity index (χ1v) is 44.6. The highest BCUT2D eigenvalue weighted by atomic mass is 19.1. The van der Waals surface area contributed by atoms with Gasteiger partial charge in [-0.2, -0.15) is 0 Å². The number of likely N-dealkylation sites (N-methyl/N-ethyl adjacent to an activating group) is 1. The third kappa shape index (κ3) is 23.8. The lowest BCUT2D eigenvalue weighted by Gasteiger charge is -2.39. The van der Waals surface area contributed by atoms with Gasteiger partial charge in [-0.05, 0) is 291 Å². The van der Waals surface area contributed by atoms with Gasteiger partial charge in [0.1, 0.15) is 51.7 Å². The summed E-state index contributed by atoms with van der Waals surface area (Å²) < 4.78 is 64.0. The quantitative estimate of drug-likeness (QED) is 0.0208. The third-order valence-corrected chi connectivity index (χ3v) is 25.4. The van der Waals surface area contributed by atoms with Crippen molar-refractivity contribution in [1.29, 1.82) is 0 Å². The minimum absolute atomic E-state index is 0.0577. The molecule has 3 aliphatic rings. The van der Waals surface area contributed by atoms with Crippen LogP contribution < -0.4 is 33.3 Å². The van der Waals surface area contributed by atoms with Crippen molar-refractivity contribution >= 4 is 52.9 Å². The molecular weight excluding hydrogens is 1680 g/mol. The Labute approximate surface area is 770 Å². The fraction of sp³-hybridized carbons (Fsp3) is 0.387. The second-order valence-electron chi connectivity index (χ2n) is 35.5. The Balaban J connectivity index is 0.000000192. The van der Waals surface area contributed by atoms with E-state index in [4.69, 9.17) is 28.4 Å². The first-order chi connectivity index (χ1) is 62.9. The molecule has 13 rings (SSSR count). The Morgan fingerprint density at radius 2 is 0.962 bits per heavy atom. The van der Waals surface area contributed by atoms with Crippen molar-refractivity contribution in [3.8, 4) is 68.1 Å². The Morgan fingerprint density at radius 3 is 1.44 bits per heavy atom. The molecule has 6 atom stereocenters. The highest BCUT2D eigenvalue weighted by Gasteiger charge is 2.49. The maximum Gasteiger partial charge on any atom is 0.343 e. The van der Waals surface area contributed by atoms with Crippen LogP contribution in [0.4, 0.5) is 14.6 Å². The monoisotopic (exact) mass is 1800 g/mol. The maximum absolute atomic E-state index is 15.5. The number of nitrogens with zero attached hydrogens (tertiary/aromatic N) is 6. The Kier molecular flexibility index (Phi) is 33.4. The fourth-order valence-electron chi connectivity index (χ4n) is 17.2. The van der Waals surface area contributed by atoms with Gasteiger partial charge in [0.25, 0.3) is 11.8 Å². The van der Waals surface area contributed by atoms with E-state index in [1.165, 1.54) is 46.3 Å². The van der Waals surface area contributed by atoms with E-state index in [2.05, 4.69) is 47.5 Å². The number of rotatable bonds is 37. The summed E-state index contributed by atoms with van der Waals surface area (Å²) in [5.41, 5.74) is 6.30. The van der Waals surface area contributed by atoms with Gasteiger partial charge in [-0.3, -0.25) is 33.8 Å². The van der Waals surface area contributed by atoms with E-state index < -0.39 is 72.4 Å². The molecule has 3 fully saturated rings. The Bertz CT molecular complexity index is 5840. The van der Waals surface area contributed by atoms with E-state index in [0.29, 0.717) is 120 Å². The minimum atomic E-state index is -2.03. The lowest BCUT2D eigenvalue weighted by atomic mass is 9.78. The number of esters is 3. The molecule has 10 aromatic rings. The van der Waals surface area contributed by atoms with Gasteiger partial charge < -0.3 is 53.7 Å². The smallest absolute Gasteiger partial charge is 0.343 e. The van der Waals surface area contributed by atoms with Gasteiger partial charge in [0.05, 0.1) is 76.2 Å². The number of aliphatic hydroxyl groups is 4. The van der Waals surface area contributed by atoms with Gasteiger partial charge in [0.2, 0.25) is 11.8 Å². The number of benzene rings is 7. The van der Waals surface area contributed by atoms with Crippen LogP contribution in [0, 0.1) is 56.2 Å². The molecule has 24 nitrogen and oxygen atoms in total. The van der Waals surface area contributed by atoms with Crippen molar-refractivity contribution < 1.29 is 96.0 Å². The number of methoxy groups -OCH3 is 3. The summed E-state index contributed by atoms with van der Waals surface area (Å²) in [6, 6.07) is 50.6. The number of alkyl halides is 1. The number of hydrogen-bond acceptors (Lipinski definition) is 22. The molecule has 4 N–H and O–H groups in total. The van der Waals surface area contributed by atoms with Crippen LogP contribution in [0.2, 0.25) is 0 Å². The molecule has 7 aromatic carbocycles. The number of aromatic nitrogens is 3. The number of aryl methyl sites for hydroxylation is 3. The Morgan fingerprint density at radius 1 is 0.485 bits per heavy atom. The summed E-state index contributed by atoms with van der Waals surface area (Å²) in [6.45, 7) is 21.8. The molecule has 3 aromatic heterocycles. The van der Waals surface area contributed by atoms with Crippen LogP contribution in [0.1, 0.15) is 216 Å². The average molecular weight is 1800 g/mol. The number of pyridine rings is 3. The molecule has 3 aliphatic carbocycles. The van der Waals surface area contributed by atoms with E-state index >= 15 is 4.39 Å². The van der Waals surface area contributed by atoms with Crippen molar-refractivity contribution in [2.24, 2.45) is 29.6 Å². The van der Waals surface area contributed by atoms with Gasteiger partial charge in [-0.25, -0.2) is 38.1 Å². The average Bonchev–Trinajstić information content (AvgIpc) is 1.76. The van der Waals surface area contributed by atoms with Crippen LogP contribution in [0.3, 0.4) is 0 Å². The lowest BCUT2D eigenvalue weighted by molar-refractivity contribution is -0.129. The first kappa shape index (κ1) is 100.0. The molecule has 0 unspecified atom stereocenters. The van der Waals surface area contributed by atoms with Crippen molar-refractivity contribution in [3.05, 3.63) is 261 Å². The summed E-state index contributed by atoms with van der Waals surface area (Å²) in [5.74, 6) is -0.594. The largest absolute Gasteiger partial charge is 0.497 e. The van der Waals surface area contributed by atoms with Crippen LogP contribution in [-0.4, -0.2) is 177 Å². The van der Waals surface area contributed by atoms with Crippen molar-refractivity contribution in [2.45, 2.75) is 176 Å². The summed E-state index contributed by atoms with van der Waals surface area (Å²) >= 11 is 0. The molecule has 0 spiro atoms. The van der Waals surface area contributed by atoms with E-state index in [0.717, 1.165) is 66.3 Å². The molecule has 0 radical (unpaired) electrons. The number of carbonyl (C=O) groups excluding carboxylic acids is 8. The SMILES string of the molecule is COc1cc(-c2ccc(C(=O)Oc3cccc([C@H](C4CC4)[C@H](C)C(C)=O)c3)c(C)c2)c(C(=O)N(C)CCO)cn1.COc1cc(-c2ccc(OC(=O)c3cccc([C@H](C4CC4)[C@@](C)(F)C(C)=O)c3)cc2CN(C(C)C)C(C)C)c(F)cn1.COc1ccc(C(=O)N(c2cccc(C)n2)C(CO)(CO)CO)c(-c2ccc(C(=O)Oc3cccc([C@H](C4CC4)[C@H](C)C(C)=O)c3)c(C)c2)c1. The second-order valence-corrected chi connectivity index (χ2v) is 35.5. The molecule has 0 saturated heterocycles. The van der Waals surface area contributed by atoms with Crippen molar-refractivity contribution in [2.75, 3.05) is 66.2 Å². The molecule has 26 heteroatoms. The molecule has 2 amide bonds. The summed E-state index contributed by atoms with van der Waals surface area (Å²) in [4.78, 5) is 121. The summed E-state index contributed by atoms with van der Waals surface area (Å²) in [7, 11) is 6.09. The van der Waals surface area contributed by atoms with Gasteiger partial charge in [0, 0.05) is 90.7 Å². The minimum Gasteiger partial charge on any atom is -0.497 e. The molecule has 3 saturated carbocycles. The van der Waals surface area contributed by atoms with Crippen LogP contribution in [0.15, 0.2) is 188 Å². The van der Waals surface area contributed by atoms with E-state index in [9.17, 15) is 63.2 Å². The van der Waals surface area contributed by atoms with E-state index in [1.807, 2.05) is 63.2 Å². The number of Topliss-reactive ketones (excluding diaryl/α,β-unsaturated/α-hetero) is 3. The number of aliphatic hydroxyl groups excluding tert-OH is 4. The van der Waals surface area contributed by atoms with Crippen LogP contribution >= 0.6 is 0 Å². The van der Waals surface area contributed by atoms with E-state index in [1.54, 1.807) is 168 Å². The van der Waals surface area contributed by atoms with Gasteiger partial charge in [-0.1, -0.05) is 86.6 Å². The number of halogens is 2. The molecule has 3 heterocycles. The predicted octanol–water partition coefficient (Wildman–Crippen LogP) is 18.3. The van der Waals surface area contributed by atoms with Gasteiger partial charge in [0.15, 0.2) is 11.5 Å². The maximum atomic E-state index is 15.5. The number of carbonyl (C=O) groups is 8. The topological polar surface area (TPSA) is 321 Å². The van der Waals surface area contributed by atoms with Gasteiger partial charge in [-0.15, -0.1) is 0 Å². The molecular formula is C106H120F2N6O18. The van der Waals surface area contributed by atoms with E-state index in [-0.39, 0.29) is 95.1 Å². The number of hydrogen-bond donors (Lipinski definition) is 4. The van der Waals surface area contributed by atoms with Crippen LogP contribution in [0.25, 0.3) is 33.4 Å². The first-order valence-electron chi connectivity index (χ1n) is 44.6. The fourth-order valence-corrected chi connectivity index (χ4v) is 17.2. The number of ether oxygens (including phenoxy) is 6. The molecule has 0 bridgehead atoms.